The maximum absolute atomic E-state index is 5.59. The van der Waals surface area contributed by atoms with E-state index in [0.717, 1.165) is 12.2 Å². The highest BCUT2D eigenvalue weighted by Gasteiger charge is 2.10. The monoisotopic (exact) mass is 168 g/mol. The number of aromatic nitrogens is 2. The Labute approximate surface area is 72.5 Å². The summed E-state index contributed by atoms with van der Waals surface area (Å²) in [5, 5.41) is 9.69. The molecule has 0 fully saturated rings. The van der Waals surface area contributed by atoms with Gasteiger partial charge in [-0.3, -0.25) is 5.10 Å². The van der Waals surface area contributed by atoms with Crippen LogP contribution in [0, 0.1) is 5.41 Å². The number of nitrogen functional groups attached to an aromatic ring is 1. The van der Waals surface area contributed by atoms with Crippen LogP contribution in [0.25, 0.3) is 0 Å². The highest BCUT2D eigenvalue weighted by Crippen LogP contribution is 2.17. The Bertz CT molecular complexity index is 246. The third-order valence-electron chi connectivity index (χ3n) is 1.48. The van der Waals surface area contributed by atoms with Gasteiger partial charge in [0, 0.05) is 6.54 Å². The normalized spacial score (nSPS) is 11.6. The molecule has 0 spiro atoms. The van der Waals surface area contributed by atoms with Crippen LogP contribution < -0.4 is 11.1 Å². The van der Waals surface area contributed by atoms with Crippen LogP contribution in [0.3, 0.4) is 0 Å². The molecule has 0 aliphatic rings. The van der Waals surface area contributed by atoms with Gasteiger partial charge in [-0.1, -0.05) is 20.8 Å². The van der Waals surface area contributed by atoms with E-state index in [1.165, 1.54) is 0 Å². The standard InChI is InChI=1S/C8H16N4/c1-8(2,3)5-10-6-4-11-12-7(6)9/h4,10H,5H2,1-3H3,(H3,9,11,12). The van der Waals surface area contributed by atoms with Crippen LogP contribution in [0.4, 0.5) is 11.5 Å². The molecule has 0 atom stereocenters. The molecule has 0 radical (unpaired) electrons. The minimum Gasteiger partial charge on any atom is -0.382 e. The highest BCUT2D eigenvalue weighted by atomic mass is 15.2. The predicted octanol–water partition coefficient (Wildman–Crippen LogP) is 1.45. The van der Waals surface area contributed by atoms with Crippen LogP contribution >= 0.6 is 0 Å². The molecule has 1 heterocycles. The van der Waals surface area contributed by atoms with Gasteiger partial charge >= 0.3 is 0 Å². The molecular formula is C8H16N4. The van der Waals surface area contributed by atoms with Crippen molar-refractivity contribution in [2.24, 2.45) is 5.41 Å². The van der Waals surface area contributed by atoms with Gasteiger partial charge in [-0.15, -0.1) is 0 Å². The summed E-state index contributed by atoms with van der Waals surface area (Å²) >= 11 is 0. The fourth-order valence-corrected chi connectivity index (χ4v) is 0.797. The van der Waals surface area contributed by atoms with E-state index in [1.807, 2.05) is 0 Å². The maximum atomic E-state index is 5.59. The van der Waals surface area contributed by atoms with Gasteiger partial charge in [-0.05, 0) is 5.41 Å². The van der Waals surface area contributed by atoms with E-state index in [9.17, 15) is 0 Å². The first-order valence-corrected chi connectivity index (χ1v) is 4.02. The summed E-state index contributed by atoms with van der Waals surface area (Å²) in [5.41, 5.74) is 6.72. The summed E-state index contributed by atoms with van der Waals surface area (Å²) in [4.78, 5) is 0. The average molecular weight is 168 g/mol. The molecule has 12 heavy (non-hydrogen) atoms. The first kappa shape index (κ1) is 8.90. The van der Waals surface area contributed by atoms with Gasteiger partial charge < -0.3 is 11.1 Å². The molecule has 0 bridgehead atoms. The second kappa shape index (κ2) is 3.05. The molecule has 0 unspecified atom stereocenters. The zero-order chi connectivity index (χ0) is 9.19. The number of nitrogens with zero attached hydrogens (tertiary/aromatic N) is 1. The van der Waals surface area contributed by atoms with Gasteiger partial charge in [0.15, 0.2) is 0 Å². The van der Waals surface area contributed by atoms with Crippen molar-refractivity contribution in [2.75, 3.05) is 17.6 Å². The van der Waals surface area contributed by atoms with Crippen molar-refractivity contribution < 1.29 is 0 Å². The zero-order valence-electron chi connectivity index (χ0n) is 7.81. The largest absolute Gasteiger partial charge is 0.382 e. The number of hydrogen-bond acceptors (Lipinski definition) is 3. The van der Waals surface area contributed by atoms with Crippen LogP contribution in [-0.4, -0.2) is 16.7 Å². The highest BCUT2D eigenvalue weighted by molar-refractivity contribution is 5.59. The summed E-state index contributed by atoms with van der Waals surface area (Å²) in [6, 6.07) is 0. The molecule has 0 saturated carbocycles. The second-order valence-corrected chi connectivity index (χ2v) is 4.11. The van der Waals surface area contributed by atoms with Crippen molar-refractivity contribution >= 4 is 11.5 Å². The minimum absolute atomic E-state index is 0.254. The van der Waals surface area contributed by atoms with E-state index in [0.29, 0.717) is 5.82 Å². The van der Waals surface area contributed by atoms with E-state index < -0.39 is 0 Å². The summed E-state index contributed by atoms with van der Waals surface area (Å²) in [5.74, 6) is 0.597. The molecule has 68 valence electrons. The minimum atomic E-state index is 0.254. The second-order valence-electron chi connectivity index (χ2n) is 4.11. The third kappa shape index (κ3) is 2.45. The fourth-order valence-electron chi connectivity index (χ4n) is 0.797. The molecule has 0 aromatic carbocycles. The molecule has 0 saturated heterocycles. The maximum Gasteiger partial charge on any atom is 0.142 e. The van der Waals surface area contributed by atoms with Crippen LogP contribution in [0.2, 0.25) is 0 Å². The molecule has 0 aliphatic carbocycles. The van der Waals surface area contributed by atoms with Crippen molar-refractivity contribution in [3.05, 3.63) is 6.20 Å². The quantitative estimate of drug-likeness (QED) is 0.626. The summed E-state index contributed by atoms with van der Waals surface area (Å²) < 4.78 is 0. The van der Waals surface area contributed by atoms with Crippen molar-refractivity contribution in [3.63, 3.8) is 0 Å². The number of aromatic amines is 1. The molecule has 4 heteroatoms. The van der Waals surface area contributed by atoms with Crippen molar-refractivity contribution in [1.82, 2.24) is 10.2 Å². The molecule has 1 aromatic rings. The Kier molecular flexibility index (Phi) is 2.26. The zero-order valence-corrected chi connectivity index (χ0v) is 7.81. The van der Waals surface area contributed by atoms with E-state index in [4.69, 9.17) is 5.73 Å². The molecule has 0 aliphatic heterocycles. The van der Waals surface area contributed by atoms with Crippen molar-refractivity contribution in [2.45, 2.75) is 20.8 Å². The lowest BCUT2D eigenvalue weighted by atomic mass is 9.97. The predicted molar refractivity (Wildman–Crippen MR) is 50.9 cm³/mol. The van der Waals surface area contributed by atoms with Gasteiger partial charge in [-0.25, -0.2) is 0 Å². The molecule has 1 rings (SSSR count). The summed E-state index contributed by atoms with van der Waals surface area (Å²) in [6.45, 7) is 7.37. The number of H-pyrrole nitrogens is 1. The first-order chi connectivity index (χ1) is 5.49. The fraction of sp³-hybridized carbons (Fsp3) is 0.625. The number of nitrogens with two attached hydrogens (primary N) is 1. The van der Waals surface area contributed by atoms with E-state index in [1.54, 1.807) is 6.20 Å². The van der Waals surface area contributed by atoms with Crippen molar-refractivity contribution in [3.8, 4) is 0 Å². The van der Waals surface area contributed by atoms with Crippen LogP contribution in [0.5, 0.6) is 0 Å². The topological polar surface area (TPSA) is 66.7 Å². The molecule has 0 amide bonds. The number of anilines is 2. The number of hydrogen-bond donors (Lipinski definition) is 3. The van der Waals surface area contributed by atoms with E-state index >= 15 is 0 Å². The molecule has 4 N–H and O–H groups in total. The number of nitrogens with one attached hydrogen (secondary N) is 2. The van der Waals surface area contributed by atoms with E-state index in [2.05, 4.69) is 36.3 Å². The summed E-state index contributed by atoms with van der Waals surface area (Å²) in [6.07, 6.45) is 1.70. The lowest BCUT2D eigenvalue weighted by Gasteiger charge is -2.18. The number of rotatable bonds is 2. The molecule has 1 aromatic heterocycles. The first-order valence-electron chi connectivity index (χ1n) is 4.02. The Balaban J connectivity index is 2.49. The SMILES string of the molecule is CC(C)(C)CNc1cn[nH]c1N. The van der Waals surface area contributed by atoms with Gasteiger partial charge in [-0.2, -0.15) is 5.10 Å². The van der Waals surface area contributed by atoms with Gasteiger partial charge in [0.1, 0.15) is 5.82 Å². The van der Waals surface area contributed by atoms with Crippen LogP contribution in [0.1, 0.15) is 20.8 Å². The molecule has 4 nitrogen and oxygen atoms in total. The van der Waals surface area contributed by atoms with Crippen LogP contribution in [-0.2, 0) is 0 Å². The Morgan fingerprint density at radius 2 is 2.25 bits per heavy atom. The van der Waals surface area contributed by atoms with Gasteiger partial charge in [0.2, 0.25) is 0 Å². The average Bonchev–Trinajstić information content (AvgIpc) is 2.29. The van der Waals surface area contributed by atoms with Gasteiger partial charge in [0.05, 0.1) is 11.9 Å². The third-order valence-corrected chi connectivity index (χ3v) is 1.48. The summed E-state index contributed by atoms with van der Waals surface area (Å²) in [7, 11) is 0. The Morgan fingerprint density at radius 3 is 2.67 bits per heavy atom. The van der Waals surface area contributed by atoms with Crippen LogP contribution in [0.15, 0.2) is 6.20 Å². The lowest BCUT2D eigenvalue weighted by molar-refractivity contribution is 0.443. The van der Waals surface area contributed by atoms with E-state index in [-0.39, 0.29) is 5.41 Å². The Hall–Kier alpha value is -1.19. The molecular weight excluding hydrogens is 152 g/mol. The smallest absolute Gasteiger partial charge is 0.142 e. The Morgan fingerprint density at radius 1 is 1.58 bits per heavy atom. The van der Waals surface area contributed by atoms with Crippen molar-refractivity contribution in [1.29, 1.82) is 0 Å². The van der Waals surface area contributed by atoms with Gasteiger partial charge in [0.25, 0.3) is 0 Å². The lowest BCUT2D eigenvalue weighted by Crippen LogP contribution is -2.19.